The van der Waals surface area contributed by atoms with Crippen LogP contribution < -0.4 is 3.53 Å². The Bertz CT molecular complexity index is 329. The summed E-state index contributed by atoms with van der Waals surface area (Å²) in [7, 11) is 0. The highest BCUT2D eigenvalue weighted by atomic mass is 127. The predicted molar refractivity (Wildman–Crippen MR) is 91.7 cm³/mol. The first-order valence-electron chi connectivity index (χ1n) is 8.11. The molecule has 2 aliphatic rings. The van der Waals surface area contributed by atoms with Crippen molar-refractivity contribution in [1.82, 2.24) is 8.43 Å². The molecule has 4 heteroatoms. The van der Waals surface area contributed by atoms with Crippen molar-refractivity contribution in [3.05, 3.63) is 0 Å². The maximum atomic E-state index is 12.6. The van der Waals surface area contributed by atoms with Crippen molar-refractivity contribution in [3.8, 4) is 0 Å². The SMILES string of the molecule is CC(C)C1(C)CCN(C(=O)C2CCC(NI)CC2)CC1. The van der Waals surface area contributed by atoms with Gasteiger partial charge >= 0.3 is 0 Å². The van der Waals surface area contributed by atoms with E-state index in [2.05, 4.69) is 52.1 Å². The van der Waals surface area contributed by atoms with E-state index >= 15 is 0 Å². The molecule has 1 saturated heterocycles. The number of amides is 1. The van der Waals surface area contributed by atoms with Crippen molar-refractivity contribution < 1.29 is 4.79 Å². The predicted octanol–water partition coefficient (Wildman–Crippen LogP) is 3.77. The van der Waals surface area contributed by atoms with Crippen LogP contribution in [0.2, 0.25) is 0 Å². The minimum absolute atomic E-state index is 0.291. The van der Waals surface area contributed by atoms with Gasteiger partial charge in [-0.25, -0.2) is 0 Å². The number of hydrogen-bond acceptors (Lipinski definition) is 2. The van der Waals surface area contributed by atoms with Crippen LogP contribution in [0.4, 0.5) is 0 Å². The molecule has 0 unspecified atom stereocenters. The number of hydrogen-bond donors (Lipinski definition) is 1. The third-order valence-electron chi connectivity index (χ3n) is 5.84. The Kier molecular flexibility index (Phi) is 5.74. The maximum Gasteiger partial charge on any atom is 0.225 e. The average molecular weight is 392 g/mol. The van der Waals surface area contributed by atoms with Crippen LogP contribution in [0.1, 0.15) is 59.3 Å². The standard InChI is InChI=1S/C16H29IN2O/c1-12(2)16(3)8-10-19(11-9-16)15(20)13-4-6-14(18-17)7-5-13/h12-14,18H,4-11H2,1-3H3. The van der Waals surface area contributed by atoms with Gasteiger partial charge in [-0.15, -0.1) is 0 Å². The summed E-state index contributed by atoms with van der Waals surface area (Å²) < 4.78 is 3.31. The molecule has 0 spiro atoms. The highest BCUT2D eigenvalue weighted by Gasteiger charge is 2.36. The van der Waals surface area contributed by atoms with Gasteiger partial charge in [-0.05, 0) is 49.9 Å². The number of nitrogens with one attached hydrogen (secondary N) is 1. The van der Waals surface area contributed by atoms with Crippen molar-refractivity contribution >= 4 is 28.8 Å². The summed E-state index contributed by atoms with van der Waals surface area (Å²) in [4.78, 5) is 14.8. The van der Waals surface area contributed by atoms with Gasteiger partial charge in [0.1, 0.15) is 0 Å². The number of carbonyl (C=O) groups is 1. The van der Waals surface area contributed by atoms with Gasteiger partial charge in [0, 0.05) is 47.9 Å². The van der Waals surface area contributed by atoms with Gasteiger partial charge in [0.05, 0.1) is 0 Å². The van der Waals surface area contributed by atoms with E-state index in [-0.39, 0.29) is 0 Å². The maximum absolute atomic E-state index is 12.6. The molecular weight excluding hydrogens is 363 g/mol. The second-order valence-electron chi connectivity index (χ2n) is 7.29. The molecule has 0 atom stereocenters. The fraction of sp³-hybridized carbons (Fsp3) is 0.938. The number of halogens is 1. The van der Waals surface area contributed by atoms with Crippen molar-refractivity contribution in [2.75, 3.05) is 13.1 Å². The monoisotopic (exact) mass is 392 g/mol. The molecule has 3 nitrogen and oxygen atoms in total. The van der Waals surface area contributed by atoms with Gasteiger partial charge in [-0.3, -0.25) is 8.32 Å². The molecule has 0 bridgehead atoms. The molecule has 2 fully saturated rings. The molecule has 1 saturated carbocycles. The minimum Gasteiger partial charge on any atom is -0.342 e. The van der Waals surface area contributed by atoms with E-state index in [0.717, 1.165) is 38.8 Å². The Hall–Kier alpha value is 0.160. The average Bonchev–Trinajstić information content (AvgIpc) is 2.47. The van der Waals surface area contributed by atoms with Gasteiger partial charge in [-0.1, -0.05) is 20.8 Å². The quantitative estimate of drug-likeness (QED) is 0.586. The van der Waals surface area contributed by atoms with Gasteiger partial charge in [-0.2, -0.15) is 0 Å². The van der Waals surface area contributed by atoms with Crippen molar-refractivity contribution in [1.29, 1.82) is 0 Å². The number of piperidine rings is 1. The summed E-state index contributed by atoms with van der Waals surface area (Å²) >= 11 is 2.24. The third-order valence-corrected chi connectivity index (χ3v) is 6.72. The van der Waals surface area contributed by atoms with Crippen LogP contribution in [0, 0.1) is 17.3 Å². The molecule has 1 aliphatic carbocycles. The summed E-state index contributed by atoms with van der Waals surface area (Å²) in [6.45, 7) is 8.96. The lowest BCUT2D eigenvalue weighted by Crippen LogP contribution is -2.47. The Morgan fingerprint density at radius 3 is 2.20 bits per heavy atom. The van der Waals surface area contributed by atoms with Crippen LogP contribution in [0.3, 0.4) is 0 Å². The summed E-state index contributed by atoms with van der Waals surface area (Å²) in [5.41, 5.74) is 0.430. The fourth-order valence-corrected chi connectivity index (χ4v) is 4.15. The molecule has 20 heavy (non-hydrogen) atoms. The lowest BCUT2D eigenvalue weighted by molar-refractivity contribution is -0.139. The first-order chi connectivity index (χ1) is 9.46. The van der Waals surface area contributed by atoms with E-state index in [4.69, 9.17) is 0 Å². The van der Waals surface area contributed by atoms with Crippen LogP contribution in [0.5, 0.6) is 0 Å². The summed E-state index contributed by atoms with van der Waals surface area (Å²) in [6.07, 6.45) is 6.77. The molecule has 1 heterocycles. The van der Waals surface area contributed by atoms with Gasteiger partial charge < -0.3 is 4.90 Å². The fourth-order valence-electron chi connectivity index (χ4n) is 3.52. The first kappa shape index (κ1) is 16.5. The van der Waals surface area contributed by atoms with E-state index in [1.165, 1.54) is 12.8 Å². The number of likely N-dealkylation sites (tertiary alicyclic amines) is 1. The van der Waals surface area contributed by atoms with Crippen LogP contribution >= 0.6 is 22.9 Å². The van der Waals surface area contributed by atoms with Crippen LogP contribution in [0.15, 0.2) is 0 Å². The van der Waals surface area contributed by atoms with Crippen LogP contribution in [-0.4, -0.2) is 29.9 Å². The van der Waals surface area contributed by atoms with Gasteiger partial charge in [0.25, 0.3) is 0 Å². The molecule has 2 rings (SSSR count). The van der Waals surface area contributed by atoms with Crippen molar-refractivity contribution in [3.63, 3.8) is 0 Å². The second kappa shape index (κ2) is 6.95. The number of nitrogens with zero attached hydrogens (tertiary/aromatic N) is 1. The van der Waals surface area contributed by atoms with E-state index in [1.54, 1.807) is 0 Å². The summed E-state index contributed by atoms with van der Waals surface area (Å²) in [6, 6.07) is 0.616. The third kappa shape index (κ3) is 3.67. The molecule has 0 radical (unpaired) electrons. The molecule has 1 N–H and O–H groups in total. The van der Waals surface area contributed by atoms with Gasteiger partial charge in [0.15, 0.2) is 0 Å². The Morgan fingerprint density at radius 1 is 1.20 bits per heavy atom. The molecule has 116 valence electrons. The molecule has 0 aromatic carbocycles. The largest absolute Gasteiger partial charge is 0.342 e. The highest BCUT2D eigenvalue weighted by Crippen LogP contribution is 2.39. The topological polar surface area (TPSA) is 32.3 Å². The molecule has 1 amide bonds. The van der Waals surface area contributed by atoms with E-state index in [0.29, 0.717) is 29.2 Å². The number of rotatable bonds is 3. The zero-order valence-electron chi connectivity index (χ0n) is 13.1. The minimum atomic E-state index is 0.291. The first-order valence-corrected chi connectivity index (χ1v) is 9.19. The Morgan fingerprint density at radius 2 is 1.75 bits per heavy atom. The summed E-state index contributed by atoms with van der Waals surface area (Å²) in [5, 5.41) is 0. The second-order valence-corrected chi connectivity index (χ2v) is 7.91. The van der Waals surface area contributed by atoms with Gasteiger partial charge in [0.2, 0.25) is 5.91 Å². The van der Waals surface area contributed by atoms with Crippen LogP contribution in [0.25, 0.3) is 0 Å². The van der Waals surface area contributed by atoms with Crippen molar-refractivity contribution in [2.45, 2.75) is 65.3 Å². The molecule has 0 aromatic heterocycles. The highest BCUT2D eigenvalue weighted by molar-refractivity contribution is 14.1. The van der Waals surface area contributed by atoms with Crippen molar-refractivity contribution in [2.24, 2.45) is 17.3 Å². The zero-order chi connectivity index (χ0) is 14.8. The normalized spacial score (nSPS) is 30.6. The lowest BCUT2D eigenvalue weighted by Gasteiger charge is -2.43. The molecular formula is C16H29IN2O. The zero-order valence-corrected chi connectivity index (χ0v) is 15.3. The molecule has 0 aromatic rings. The van der Waals surface area contributed by atoms with Crippen LogP contribution in [-0.2, 0) is 4.79 Å². The van der Waals surface area contributed by atoms with E-state index < -0.39 is 0 Å². The Balaban J connectivity index is 1.83. The van der Waals surface area contributed by atoms with E-state index in [1.807, 2.05) is 0 Å². The van der Waals surface area contributed by atoms with E-state index in [9.17, 15) is 4.79 Å². The smallest absolute Gasteiger partial charge is 0.225 e. The lowest BCUT2D eigenvalue weighted by atomic mass is 9.71. The molecule has 1 aliphatic heterocycles. The number of carbonyl (C=O) groups excluding carboxylic acids is 1. The summed E-state index contributed by atoms with van der Waals surface area (Å²) in [5.74, 6) is 1.44. The Labute approximate surface area is 137 Å².